The van der Waals surface area contributed by atoms with Gasteiger partial charge in [0.2, 0.25) is 0 Å². The third-order valence-electron chi connectivity index (χ3n) is 3.32. The number of hydrogen-bond acceptors (Lipinski definition) is 4. The molecule has 1 N–H and O–H groups in total. The first-order valence-corrected chi connectivity index (χ1v) is 7.64. The molecule has 1 aromatic rings. The summed E-state index contributed by atoms with van der Waals surface area (Å²) in [6.45, 7) is 7.83. The van der Waals surface area contributed by atoms with Gasteiger partial charge in [0.05, 0.1) is 5.69 Å². The Bertz CT molecular complexity index is 331. The monoisotopic (exact) mass is 253 g/mol. The van der Waals surface area contributed by atoms with Crippen LogP contribution in [0.2, 0.25) is 0 Å². The molecule has 1 saturated heterocycles. The van der Waals surface area contributed by atoms with E-state index >= 15 is 0 Å². The van der Waals surface area contributed by atoms with Crippen LogP contribution in [0.3, 0.4) is 0 Å². The third-order valence-corrected chi connectivity index (χ3v) is 4.25. The van der Waals surface area contributed by atoms with Crippen LogP contribution in [0.1, 0.15) is 38.8 Å². The van der Waals surface area contributed by atoms with E-state index in [2.05, 4.69) is 29.4 Å². The first kappa shape index (κ1) is 12.8. The lowest BCUT2D eigenvalue weighted by molar-refractivity contribution is 0.430. The number of thiazole rings is 1. The molecule has 1 atom stereocenters. The van der Waals surface area contributed by atoms with Crippen LogP contribution in [0.5, 0.6) is 0 Å². The predicted molar refractivity (Wildman–Crippen MR) is 75.0 cm³/mol. The van der Waals surface area contributed by atoms with Crippen molar-refractivity contribution in [2.24, 2.45) is 0 Å². The molecule has 0 bridgehead atoms. The van der Waals surface area contributed by atoms with E-state index in [-0.39, 0.29) is 0 Å². The first-order valence-electron chi connectivity index (χ1n) is 6.77. The Labute approximate surface area is 108 Å². The average molecular weight is 253 g/mol. The number of piperidine rings is 1. The molecule has 3 nitrogen and oxygen atoms in total. The van der Waals surface area contributed by atoms with Crippen LogP contribution in [-0.2, 0) is 6.42 Å². The van der Waals surface area contributed by atoms with Crippen LogP contribution in [0, 0.1) is 0 Å². The molecule has 0 aliphatic carbocycles. The largest absolute Gasteiger partial charge is 0.344 e. The van der Waals surface area contributed by atoms with Crippen molar-refractivity contribution < 1.29 is 0 Å². The summed E-state index contributed by atoms with van der Waals surface area (Å²) in [4.78, 5) is 7.25. The van der Waals surface area contributed by atoms with Crippen LogP contribution in [0.15, 0.2) is 5.38 Å². The molecule has 0 amide bonds. The molecule has 2 rings (SSSR count). The molecule has 0 radical (unpaired) electrons. The molecule has 1 unspecified atom stereocenters. The maximum Gasteiger partial charge on any atom is 0.185 e. The molecule has 0 aromatic carbocycles. The van der Waals surface area contributed by atoms with E-state index < -0.39 is 0 Å². The molecule has 1 aliphatic heterocycles. The van der Waals surface area contributed by atoms with Gasteiger partial charge in [0.15, 0.2) is 5.13 Å². The van der Waals surface area contributed by atoms with Gasteiger partial charge in [-0.2, -0.15) is 0 Å². The highest BCUT2D eigenvalue weighted by molar-refractivity contribution is 7.13. The molecule has 4 heteroatoms. The van der Waals surface area contributed by atoms with E-state index in [4.69, 9.17) is 4.98 Å². The zero-order valence-electron chi connectivity index (χ0n) is 10.9. The van der Waals surface area contributed by atoms with Crippen molar-refractivity contribution in [1.82, 2.24) is 10.3 Å². The van der Waals surface area contributed by atoms with Gasteiger partial charge in [-0.15, -0.1) is 11.3 Å². The first-order chi connectivity index (χ1) is 8.35. The zero-order valence-corrected chi connectivity index (χ0v) is 11.7. The fraction of sp³-hybridized carbons (Fsp3) is 0.769. The highest BCUT2D eigenvalue weighted by Crippen LogP contribution is 2.25. The number of hydrogen-bond donors (Lipinski definition) is 1. The van der Waals surface area contributed by atoms with Crippen LogP contribution in [0.25, 0.3) is 0 Å². The minimum absolute atomic E-state index is 0.638. The van der Waals surface area contributed by atoms with E-state index in [1.807, 2.05) is 0 Å². The maximum absolute atomic E-state index is 4.74. The van der Waals surface area contributed by atoms with Crippen molar-refractivity contribution in [1.29, 1.82) is 0 Å². The van der Waals surface area contributed by atoms with E-state index in [1.54, 1.807) is 11.3 Å². The Balaban J connectivity index is 2.09. The fourth-order valence-corrected chi connectivity index (χ4v) is 3.37. The SMILES string of the molecule is CCCN(c1nc(CC)cs1)C1CCCNC1. The maximum atomic E-state index is 4.74. The van der Waals surface area contributed by atoms with Gasteiger partial charge in [0.25, 0.3) is 0 Å². The molecule has 1 fully saturated rings. The quantitative estimate of drug-likeness (QED) is 0.874. The average Bonchev–Trinajstić information content (AvgIpc) is 2.85. The number of rotatable bonds is 5. The van der Waals surface area contributed by atoms with Crippen LogP contribution >= 0.6 is 11.3 Å². The van der Waals surface area contributed by atoms with Gasteiger partial charge in [-0.3, -0.25) is 0 Å². The minimum atomic E-state index is 0.638. The molecule has 1 aromatic heterocycles. The lowest BCUT2D eigenvalue weighted by atomic mass is 10.1. The van der Waals surface area contributed by atoms with E-state index in [0.29, 0.717) is 6.04 Å². The van der Waals surface area contributed by atoms with Crippen LogP contribution < -0.4 is 10.2 Å². The van der Waals surface area contributed by atoms with Gasteiger partial charge in [-0.25, -0.2) is 4.98 Å². The van der Waals surface area contributed by atoms with Crippen molar-refractivity contribution in [2.75, 3.05) is 24.5 Å². The highest BCUT2D eigenvalue weighted by atomic mass is 32.1. The summed E-state index contributed by atoms with van der Waals surface area (Å²) < 4.78 is 0. The van der Waals surface area contributed by atoms with E-state index in [9.17, 15) is 0 Å². The van der Waals surface area contributed by atoms with Crippen molar-refractivity contribution in [3.8, 4) is 0 Å². The molecule has 0 spiro atoms. The van der Waals surface area contributed by atoms with Gasteiger partial charge >= 0.3 is 0 Å². The van der Waals surface area contributed by atoms with Crippen molar-refractivity contribution in [3.63, 3.8) is 0 Å². The Hall–Kier alpha value is -0.610. The predicted octanol–water partition coefficient (Wildman–Crippen LogP) is 2.67. The van der Waals surface area contributed by atoms with Gasteiger partial charge in [-0.05, 0) is 32.2 Å². The molecular formula is C13H23N3S. The van der Waals surface area contributed by atoms with Gasteiger partial charge in [0.1, 0.15) is 0 Å². The van der Waals surface area contributed by atoms with Crippen molar-refractivity contribution in [2.45, 2.75) is 45.6 Å². The minimum Gasteiger partial charge on any atom is -0.344 e. The lowest BCUT2D eigenvalue weighted by Crippen LogP contribution is -2.46. The summed E-state index contributed by atoms with van der Waals surface area (Å²) >= 11 is 1.80. The fourth-order valence-electron chi connectivity index (χ4n) is 2.37. The summed E-state index contributed by atoms with van der Waals surface area (Å²) in [5.41, 5.74) is 1.23. The highest BCUT2D eigenvalue weighted by Gasteiger charge is 2.22. The normalized spacial score (nSPS) is 20.5. The topological polar surface area (TPSA) is 28.2 Å². The Kier molecular flexibility index (Phi) is 4.80. The number of nitrogens with zero attached hydrogens (tertiary/aromatic N) is 2. The molecule has 96 valence electrons. The number of aryl methyl sites for hydroxylation is 1. The van der Waals surface area contributed by atoms with Crippen LogP contribution in [-0.4, -0.2) is 30.7 Å². The summed E-state index contributed by atoms with van der Waals surface area (Å²) in [5, 5.41) is 6.92. The number of nitrogens with one attached hydrogen (secondary N) is 1. The standard InChI is InChI=1S/C13H23N3S/c1-3-8-16(12-6-5-7-14-9-12)13-15-11(4-2)10-17-13/h10,12,14H,3-9H2,1-2H3. The molecule has 17 heavy (non-hydrogen) atoms. The summed E-state index contributed by atoms with van der Waals surface area (Å²) in [7, 11) is 0. The molecule has 0 saturated carbocycles. The van der Waals surface area contributed by atoms with Gasteiger partial charge < -0.3 is 10.2 Å². The van der Waals surface area contributed by atoms with Crippen molar-refractivity contribution >= 4 is 16.5 Å². The summed E-state index contributed by atoms with van der Waals surface area (Å²) in [5.74, 6) is 0. The van der Waals surface area contributed by atoms with Crippen molar-refractivity contribution in [3.05, 3.63) is 11.1 Å². The Morgan fingerprint density at radius 2 is 2.41 bits per heavy atom. The second-order valence-corrected chi connectivity index (χ2v) is 5.51. The second-order valence-electron chi connectivity index (χ2n) is 4.67. The van der Waals surface area contributed by atoms with E-state index in [1.165, 1.54) is 36.6 Å². The Morgan fingerprint density at radius 1 is 1.53 bits per heavy atom. The van der Waals surface area contributed by atoms with E-state index in [0.717, 1.165) is 19.5 Å². The third kappa shape index (κ3) is 3.19. The molecule has 1 aliphatic rings. The second kappa shape index (κ2) is 6.36. The van der Waals surface area contributed by atoms with Gasteiger partial charge in [0, 0.05) is 24.5 Å². The Morgan fingerprint density at radius 3 is 3.00 bits per heavy atom. The lowest BCUT2D eigenvalue weighted by Gasteiger charge is -2.34. The number of aromatic nitrogens is 1. The zero-order chi connectivity index (χ0) is 12.1. The summed E-state index contributed by atoms with van der Waals surface area (Å²) in [6, 6.07) is 0.638. The number of anilines is 1. The molecular weight excluding hydrogens is 230 g/mol. The van der Waals surface area contributed by atoms with Crippen LogP contribution in [0.4, 0.5) is 5.13 Å². The summed E-state index contributed by atoms with van der Waals surface area (Å²) in [6.07, 6.45) is 4.82. The molecule has 2 heterocycles. The smallest absolute Gasteiger partial charge is 0.185 e. The van der Waals surface area contributed by atoms with Gasteiger partial charge in [-0.1, -0.05) is 13.8 Å².